The number of aromatic hydroxyl groups is 1. The Kier molecular flexibility index (Phi) is 3.17. The molecule has 1 saturated heterocycles. The van der Waals surface area contributed by atoms with Crippen molar-refractivity contribution < 1.29 is 14.9 Å². The van der Waals surface area contributed by atoms with Crippen LogP contribution in [0.4, 0.5) is 0 Å². The zero-order valence-corrected chi connectivity index (χ0v) is 15.3. The van der Waals surface area contributed by atoms with E-state index in [0.29, 0.717) is 17.7 Å². The summed E-state index contributed by atoms with van der Waals surface area (Å²) in [6, 6.07) is 2.19. The SMILES string of the molecule is CCCN1CC[C@]23c4c5c(Br)cc(O)c4O[C@H]2[C@@H](O)C=C[C@H]3[C@H]1C5. The van der Waals surface area contributed by atoms with Crippen LogP contribution in [0.1, 0.15) is 30.9 Å². The molecular formula is C19H22BrNO3. The molecule has 4 nitrogen and oxygen atoms in total. The average Bonchev–Trinajstić information content (AvgIpc) is 2.90. The molecule has 2 bridgehead atoms. The van der Waals surface area contributed by atoms with E-state index < -0.39 is 6.10 Å². The molecule has 1 spiro atoms. The van der Waals surface area contributed by atoms with Gasteiger partial charge in [-0.25, -0.2) is 0 Å². The zero-order chi connectivity index (χ0) is 16.6. The summed E-state index contributed by atoms with van der Waals surface area (Å²) in [4.78, 5) is 2.61. The number of aliphatic hydroxyl groups is 1. The minimum absolute atomic E-state index is 0.185. The number of phenolic OH excluding ortho intramolecular Hbond substituents is 1. The lowest BCUT2D eigenvalue weighted by atomic mass is 9.53. The minimum Gasteiger partial charge on any atom is -0.504 e. The van der Waals surface area contributed by atoms with Crippen LogP contribution < -0.4 is 4.74 Å². The smallest absolute Gasteiger partial charge is 0.165 e. The van der Waals surface area contributed by atoms with Crippen LogP contribution in [0.2, 0.25) is 0 Å². The summed E-state index contributed by atoms with van der Waals surface area (Å²) in [5, 5.41) is 21.0. The number of piperidine rings is 1. The molecule has 5 rings (SSSR count). The van der Waals surface area contributed by atoms with Gasteiger partial charge in [0, 0.05) is 27.4 Å². The second-order valence-electron chi connectivity index (χ2n) is 7.60. The molecule has 1 aromatic carbocycles. The molecule has 0 aromatic heterocycles. The number of likely N-dealkylation sites (tertiary alicyclic amines) is 1. The van der Waals surface area contributed by atoms with Crippen molar-refractivity contribution in [3.63, 3.8) is 0 Å². The third kappa shape index (κ3) is 1.66. The van der Waals surface area contributed by atoms with Crippen molar-refractivity contribution in [3.8, 4) is 11.5 Å². The number of phenols is 1. The van der Waals surface area contributed by atoms with E-state index in [1.54, 1.807) is 6.07 Å². The fourth-order valence-electron chi connectivity index (χ4n) is 5.74. The van der Waals surface area contributed by atoms with E-state index in [0.717, 1.165) is 42.4 Å². The van der Waals surface area contributed by atoms with Crippen molar-refractivity contribution in [1.29, 1.82) is 0 Å². The first kappa shape index (κ1) is 15.2. The number of rotatable bonds is 2. The lowest BCUT2D eigenvalue weighted by Gasteiger charge is -2.57. The summed E-state index contributed by atoms with van der Waals surface area (Å²) >= 11 is 3.67. The van der Waals surface area contributed by atoms with Crippen LogP contribution in [0, 0.1) is 5.92 Å². The predicted octanol–water partition coefficient (Wildman–Crippen LogP) is 2.74. The van der Waals surface area contributed by atoms with E-state index in [2.05, 4.69) is 33.8 Å². The van der Waals surface area contributed by atoms with E-state index in [9.17, 15) is 10.2 Å². The van der Waals surface area contributed by atoms with Gasteiger partial charge in [-0.2, -0.15) is 0 Å². The first-order valence-corrected chi connectivity index (χ1v) is 9.69. The van der Waals surface area contributed by atoms with E-state index in [-0.39, 0.29) is 17.3 Å². The number of halogens is 1. The monoisotopic (exact) mass is 391 g/mol. The van der Waals surface area contributed by atoms with Crippen molar-refractivity contribution in [1.82, 2.24) is 4.90 Å². The van der Waals surface area contributed by atoms with Gasteiger partial charge >= 0.3 is 0 Å². The normalized spacial score (nSPS) is 38.8. The van der Waals surface area contributed by atoms with Crippen LogP contribution in [0.15, 0.2) is 22.7 Å². The number of hydrogen-bond donors (Lipinski definition) is 2. The summed E-state index contributed by atoms with van der Waals surface area (Å²) < 4.78 is 7.15. The first-order chi connectivity index (χ1) is 11.6. The molecule has 2 heterocycles. The Morgan fingerprint density at radius 1 is 1.42 bits per heavy atom. The Balaban J connectivity index is 1.77. The highest BCUT2D eigenvalue weighted by Gasteiger charge is 2.64. The van der Waals surface area contributed by atoms with Gasteiger partial charge in [0.05, 0.1) is 0 Å². The summed E-state index contributed by atoms with van der Waals surface area (Å²) in [5.41, 5.74) is 2.21. The van der Waals surface area contributed by atoms with E-state index >= 15 is 0 Å². The number of benzene rings is 1. The second kappa shape index (κ2) is 4.99. The molecule has 2 aliphatic heterocycles. The molecule has 24 heavy (non-hydrogen) atoms. The molecular weight excluding hydrogens is 370 g/mol. The topological polar surface area (TPSA) is 52.9 Å². The van der Waals surface area contributed by atoms with Gasteiger partial charge in [-0.1, -0.05) is 35.0 Å². The van der Waals surface area contributed by atoms with Crippen LogP contribution in [-0.4, -0.2) is 46.5 Å². The molecule has 5 heteroatoms. The lowest BCUT2D eigenvalue weighted by Crippen LogP contribution is -2.65. The summed E-state index contributed by atoms with van der Waals surface area (Å²) in [5.74, 6) is 1.13. The van der Waals surface area contributed by atoms with E-state index in [1.807, 2.05) is 6.08 Å². The van der Waals surface area contributed by atoms with Gasteiger partial charge in [-0.15, -0.1) is 0 Å². The maximum absolute atomic E-state index is 10.6. The fourth-order valence-corrected chi connectivity index (χ4v) is 6.31. The molecule has 0 radical (unpaired) electrons. The molecule has 128 valence electrons. The molecule has 0 unspecified atom stereocenters. The van der Waals surface area contributed by atoms with Crippen molar-refractivity contribution in [2.75, 3.05) is 13.1 Å². The third-order valence-electron chi connectivity index (χ3n) is 6.57. The van der Waals surface area contributed by atoms with Crippen LogP contribution in [0.3, 0.4) is 0 Å². The standard InChI is InChI=1S/C19H22BrNO3/c1-2-6-21-7-5-19-11-3-4-14(22)18(19)24-17-15(23)9-12(20)10(16(17)19)8-13(11)21/h3-4,9,11,13-14,18,22-23H,2,5-8H2,1H3/t11-,13+,14-,18-,19-/m0/s1. The van der Waals surface area contributed by atoms with E-state index in [1.165, 1.54) is 5.56 Å². The van der Waals surface area contributed by atoms with Crippen LogP contribution >= 0.6 is 15.9 Å². The Morgan fingerprint density at radius 3 is 3.04 bits per heavy atom. The largest absolute Gasteiger partial charge is 0.504 e. The quantitative estimate of drug-likeness (QED) is 0.761. The molecule has 2 N–H and O–H groups in total. The third-order valence-corrected chi connectivity index (χ3v) is 7.28. The maximum Gasteiger partial charge on any atom is 0.165 e. The molecule has 0 amide bonds. The van der Waals surface area contributed by atoms with Crippen LogP contribution in [0.5, 0.6) is 11.5 Å². The second-order valence-corrected chi connectivity index (χ2v) is 8.45. The van der Waals surface area contributed by atoms with Gasteiger partial charge in [-0.3, -0.25) is 4.90 Å². The minimum atomic E-state index is -0.615. The number of hydrogen-bond acceptors (Lipinski definition) is 4. The Bertz CT molecular complexity index is 749. The van der Waals surface area contributed by atoms with Crippen LogP contribution in [0.25, 0.3) is 0 Å². The molecule has 2 aliphatic carbocycles. The van der Waals surface area contributed by atoms with Gasteiger partial charge in [0.2, 0.25) is 0 Å². The zero-order valence-electron chi connectivity index (χ0n) is 13.7. The highest BCUT2D eigenvalue weighted by atomic mass is 79.9. The molecule has 4 aliphatic rings. The van der Waals surface area contributed by atoms with Gasteiger partial charge in [0.15, 0.2) is 11.5 Å². The number of aliphatic hydroxyl groups excluding tert-OH is 1. The predicted molar refractivity (Wildman–Crippen MR) is 94.5 cm³/mol. The summed E-state index contributed by atoms with van der Waals surface area (Å²) in [6.45, 7) is 4.37. The highest BCUT2D eigenvalue weighted by molar-refractivity contribution is 9.10. The lowest BCUT2D eigenvalue weighted by molar-refractivity contribution is -0.0515. The Morgan fingerprint density at radius 2 is 2.25 bits per heavy atom. The molecule has 0 saturated carbocycles. The summed E-state index contributed by atoms with van der Waals surface area (Å²) in [6.07, 6.45) is 6.30. The van der Waals surface area contributed by atoms with Gasteiger partial charge in [-0.05, 0) is 44.0 Å². The number of ether oxygens (including phenoxy) is 1. The van der Waals surface area contributed by atoms with Gasteiger partial charge < -0.3 is 14.9 Å². The molecule has 1 fully saturated rings. The van der Waals surface area contributed by atoms with Crippen molar-refractivity contribution in [2.45, 2.75) is 49.9 Å². The maximum atomic E-state index is 10.6. The van der Waals surface area contributed by atoms with Crippen molar-refractivity contribution in [3.05, 3.63) is 33.8 Å². The van der Waals surface area contributed by atoms with Crippen molar-refractivity contribution in [2.24, 2.45) is 5.92 Å². The van der Waals surface area contributed by atoms with E-state index in [4.69, 9.17) is 4.74 Å². The Hall–Kier alpha value is -1.04. The first-order valence-electron chi connectivity index (χ1n) is 8.90. The molecule has 1 aromatic rings. The highest BCUT2D eigenvalue weighted by Crippen LogP contribution is 2.63. The summed E-state index contributed by atoms with van der Waals surface area (Å²) in [7, 11) is 0. The average molecular weight is 392 g/mol. The van der Waals surface area contributed by atoms with Crippen LogP contribution in [-0.2, 0) is 11.8 Å². The number of nitrogens with zero attached hydrogens (tertiary/aromatic N) is 1. The Labute approximate surface area is 150 Å². The van der Waals surface area contributed by atoms with Crippen molar-refractivity contribution >= 4 is 15.9 Å². The van der Waals surface area contributed by atoms with Gasteiger partial charge in [0.1, 0.15) is 12.2 Å². The molecule has 5 atom stereocenters. The van der Waals surface area contributed by atoms with Gasteiger partial charge in [0.25, 0.3) is 0 Å². The fraction of sp³-hybridized carbons (Fsp3) is 0.579.